The van der Waals surface area contributed by atoms with Crippen molar-refractivity contribution in [2.24, 2.45) is 11.5 Å². The molecule has 0 radical (unpaired) electrons. The van der Waals surface area contributed by atoms with Crippen LogP contribution in [0.25, 0.3) is 0 Å². The van der Waals surface area contributed by atoms with E-state index in [0.29, 0.717) is 0 Å². The molecule has 0 aromatic carbocycles. The van der Waals surface area contributed by atoms with E-state index in [9.17, 15) is 4.57 Å². The summed E-state index contributed by atoms with van der Waals surface area (Å²) in [7, 11) is -3.49. The molecule has 9 heavy (non-hydrogen) atoms. The number of rotatable bonds is 4. The van der Waals surface area contributed by atoms with Gasteiger partial charge in [0.1, 0.15) is 0 Å². The molecule has 5 nitrogen and oxygen atoms in total. The first-order valence-corrected chi connectivity index (χ1v) is 4.25. The molecule has 5 N–H and O–H groups in total. The second-order valence-electron chi connectivity index (χ2n) is 1.44. The van der Waals surface area contributed by atoms with Crippen LogP contribution < -0.4 is 11.5 Å². The van der Waals surface area contributed by atoms with E-state index in [1.54, 1.807) is 0 Å². The summed E-state index contributed by atoms with van der Waals surface area (Å²) in [6.07, 6.45) is -0.354. The molecule has 0 aliphatic carbocycles. The van der Waals surface area contributed by atoms with Crippen molar-refractivity contribution in [1.82, 2.24) is 0 Å². The number of hydrogen-bond donors (Lipinski definition) is 3. The second kappa shape index (κ2) is 3.98. The Balaban J connectivity index is 3.46. The molecule has 0 aromatic heterocycles. The fraction of sp³-hybridized carbons (Fsp3) is 1.00. The lowest BCUT2D eigenvalue weighted by molar-refractivity contribution is 0.267. The van der Waals surface area contributed by atoms with Gasteiger partial charge in [-0.15, -0.1) is 0 Å². The third-order valence-corrected chi connectivity index (χ3v) is 1.69. The first kappa shape index (κ1) is 9.07. The monoisotopic (exact) mass is 154 g/mol. The molecular formula is C3H11N2O3P. The summed E-state index contributed by atoms with van der Waals surface area (Å²) in [5, 5.41) is 0. The number of hydrogen-bond acceptors (Lipinski definition) is 4. The summed E-state index contributed by atoms with van der Waals surface area (Å²) in [6.45, 7) is 0.301. The maximum atomic E-state index is 10.5. The van der Waals surface area contributed by atoms with Gasteiger partial charge in [-0.2, -0.15) is 0 Å². The lowest BCUT2D eigenvalue weighted by Crippen LogP contribution is -2.10. The average molecular weight is 154 g/mol. The molecule has 0 amide bonds. The average Bonchev–Trinajstić information content (AvgIpc) is 1.84. The molecular weight excluding hydrogens is 143 g/mol. The Morgan fingerprint density at radius 2 is 2.11 bits per heavy atom. The molecule has 0 aliphatic heterocycles. The SMILES string of the molecule is NCCOP(=O)(O)CN. The molecule has 56 valence electrons. The molecule has 0 spiro atoms. The molecule has 0 saturated carbocycles. The Morgan fingerprint density at radius 1 is 1.56 bits per heavy atom. The molecule has 0 aliphatic rings. The highest BCUT2D eigenvalue weighted by molar-refractivity contribution is 7.52. The van der Waals surface area contributed by atoms with Gasteiger partial charge in [-0.1, -0.05) is 0 Å². The molecule has 0 rings (SSSR count). The van der Waals surface area contributed by atoms with Gasteiger partial charge in [0.05, 0.1) is 12.9 Å². The Labute approximate surface area is 53.5 Å². The highest BCUT2D eigenvalue weighted by atomic mass is 31.2. The summed E-state index contributed by atoms with van der Waals surface area (Å²) in [4.78, 5) is 8.61. The minimum absolute atomic E-state index is 0.0744. The fourth-order valence-corrected chi connectivity index (χ4v) is 0.744. The summed E-state index contributed by atoms with van der Waals surface area (Å²) in [5.41, 5.74) is 9.86. The van der Waals surface area contributed by atoms with E-state index in [2.05, 4.69) is 4.52 Å². The molecule has 1 unspecified atom stereocenters. The van der Waals surface area contributed by atoms with Crippen molar-refractivity contribution in [3.8, 4) is 0 Å². The number of nitrogens with two attached hydrogens (primary N) is 2. The molecule has 1 atom stereocenters. The summed E-state index contributed by atoms with van der Waals surface area (Å²) < 4.78 is 14.9. The van der Waals surface area contributed by atoms with Crippen LogP contribution in [0, 0.1) is 0 Å². The summed E-state index contributed by atoms with van der Waals surface area (Å²) >= 11 is 0. The Kier molecular flexibility index (Phi) is 4.01. The van der Waals surface area contributed by atoms with Crippen molar-refractivity contribution in [3.63, 3.8) is 0 Å². The Bertz CT molecular complexity index is 118. The van der Waals surface area contributed by atoms with Crippen molar-refractivity contribution in [2.45, 2.75) is 0 Å². The van der Waals surface area contributed by atoms with Gasteiger partial charge < -0.3 is 20.9 Å². The molecule has 0 heterocycles. The standard InChI is InChI=1S/C3H11N2O3P/c4-1-2-8-9(6,7)3-5/h1-5H2,(H,6,7). The van der Waals surface area contributed by atoms with E-state index >= 15 is 0 Å². The Morgan fingerprint density at radius 3 is 2.44 bits per heavy atom. The van der Waals surface area contributed by atoms with Crippen LogP contribution in [0.15, 0.2) is 0 Å². The van der Waals surface area contributed by atoms with E-state index in [4.69, 9.17) is 16.4 Å². The van der Waals surface area contributed by atoms with E-state index in [0.717, 1.165) is 0 Å². The highest BCUT2D eigenvalue weighted by Gasteiger charge is 2.14. The molecule has 0 saturated heterocycles. The van der Waals surface area contributed by atoms with Gasteiger partial charge >= 0.3 is 7.60 Å². The van der Waals surface area contributed by atoms with Crippen LogP contribution in [-0.4, -0.2) is 24.3 Å². The van der Waals surface area contributed by atoms with Crippen molar-refractivity contribution in [3.05, 3.63) is 0 Å². The summed E-state index contributed by atoms with van der Waals surface area (Å²) in [6, 6.07) is 0. The molecule has 0 bridgehead atoms. The van der Waals surface area contributed by atoms with Crippen LogP contribution in [0.4, 0.5) is 0 Å². The zero-order valence-electron chi connectivity index (χ0n) is 4.99. The zero-order valence-corrected chi connectivity index (χ0v) is 5.88. The quantitative estimate of drug-likeness (QED) is 0.454. The third-order valence-electron chi connectivity index (χ3n) is 0.642. The van der Waals surface area contributed by atoms with Crippen molar-refractivity contribution < 1.29 is 14.0 Å². The maximum Gasteiger partial charge on any atom is 0.341 e. The van der Waals surface area contributed by atoms with Gasteiger partial charge in [-0.05, 0) is 0 Å². The normalized spacial score (nSPS) is 17.2. The van der Waals surface area contributed by atoms with Gasteiger partial charge in [-0.3, -0.25) is 4.57 Å². The fourth-order valence-electron chi connectivity index (χ4n) is 0.248. The first-order chi connectivity index (χ1) is 4.12. The zero-order chi connectivity index (χ0) is 7.33. The summed E-state index contributed by atoms with van der Waals surface area (Å²) in [5.74, 6) is 0. The highest BCUT2D eigenvalue weighted by Crippen LogP contribution is 2.38. The van der Waals surface area contributed by atoms with Crippen molar-refractivity contribution >= 4 is 7.60 Å². The largest absolute Gasteiger partial charge is 0.341 e. The van der Waals surface area contributed by atoms with Gasteiger partial charge in [0, 0.05) is 6.54 Å². The minimum Gasteiger partial charge on any atom is -0.328 e. The van der Waals surface area contributed by atoms with Crippen LogP contribution in [0.3, 0.4) is 0 Å². The lowest BCUT2D eigenvalue weighted by Gasteiger charge is -2.06. The molecule has 0 aromatic rings. The third kappa shape index (κ3) is 4.57. The van der Waals surface area contributed by atoms with Crippen molar-refractivity contribution in [1.29, 1.82) is 0 Å². The predicted molar refractivity (Wildman–Crippen MR) is 33.9 cm³/mol. The maximum absolute atomic E-state index is 10.5. The van der Waals surface area contributed by atoms with E-state index in [1.807, 2.05) is 0 Å². The topological polar surface area (TPSA) is 98.6 Å². The van der Waals surface area contributed by atoms with E-state index < -0.39 is 7.60 Å². The van der Waals surface area contributed by atoms with Crippen LogP contribution >= 0.6 is 7.60 Å². The van der Waals surface area contributed by atoms with E-state index in [1.165, 1.54) is 0 Å². The predicted octanol–water partition coefficient (Wildman–Crippen LogP) is -0.937. The first-order valence-electron chi connectivity index (χ1n) is 2.49. The van der Waals surface area contributed by atoms with Crippen molar-refractivity contribution in [2.75, 3.05) is 19.4 Å². The van der Waals surface area contributed by atoms with Crippen LogP contribution in [0.1, 0.15) is 0 Å². The van der Waals surface area contributed by atoms with Gasteiger partial charge in [0.2, 0.25) is 0 Å². The van der Waals surface area contributed by atoms with E-state index in [-0.39, 0.29) is 19.4 Å². The lowest BCUT2D eigenvalue weighted by atomic mass is 10.8. The van der Waals surface area contributed by atoms with Crippen LogP contribution in [-0.2, 0) is 9.09 Å². The second-order valence-corrected chi connectivity index (χ2v) is 3.34. The van der Waals surface area contributed by atoms with Crippen LogP contribution in [0.5, 0.6) is 0 Å². The molecule has 0 fully saturated rings. The van der Waals surface area contributed by atoms with Gasteiger partial charge in [-0.25, -0.2) is 0 Å². The Hall–Kier alpha value is 0.0700. The minimum atomic E-state index is -3.49. The van der Waals surface area contributed by atoms with Gasteiger partial charge in [0.25, 0.3) is 0 Å². The van der Waals surface area contributed by atoms with Gasteiger partial charge in [0.15, 0.2) is 0 Å². The smallest absolute Gasteiger partial charge is 0.328 e. The molecule has 6 heteroatoms. The van der Waals surface area contributed by atoms with Crippen LogP contribution in [0.2, 0.25) is 0 Å².